The van der Waals surface area contributed by atoms with Gasteiger partial charge >= 0.3 is 17.6 Å². The molecule has 0 unspecified atom stereocenters. The van der Waals surface area contributed by atoms with Gasteiger partial charge in [0, 0.05) is 84.5 Å². The van der Waals surface area contributed by atoms with Gasteiger partial charge < -0.3 is 48.7 Å². The van der Waals surface area contributed by atoms with Crippen LogP contribution in [0.25, 0.3) is 0 Å². The highest BCUT2D eigenvalue weighted by Crippen LogP contribution is 2.19. The molecule has 0 aliphatic heterocycles. The van der Waals surface area contributed by atoms with Crippen molar-refractivity contribution in [1.82, 2.24) is 10.6 Å². The summed E-state index contributed by atoms with van der Waals surface area (Å²) in [6.45, 7) is 23.8. The molecule has 0 fully saturated rings. The Morgan fingerprint density at radius 3 is 1.24 bits per heavy atom. The highest BCUT2D eigenvalue weighted by atomic mass is 28.4. The van der Waals surface area contributed by atoms with Crippen LogP contribution < -0.4 is 22.1 Å². The summed E-state index contributed by atoms with van der Waals surface area (Å²) in [5.74, 6) is 0. The zero-order chi connectivity index (χ0) is 37.0. The van der Waals surface area contributed by atoms with Crippen LogP contribution in [0.15, 0.2) is 4.99 Å². The van der Waals surface area contributed by atoms with Crippen LogP contribution >= 0.6 is 0 Å². The second-order valence-electron chi connectivity index (χ2n) is 10.3. The van der Waals surface area contributed by atoms with E-state index in [0.29, 0.717) is 78.3 Å². The lowest BCUT2D eigenvalue weighted by molar-refractivity contribution is -0.109. The Morgan fingerprint density at radius 1 is 0.580 bits per heavy atom. The molecular formula is C35H85N5O8Si2. The predicted molar refractivity (Wildman–Crippen MR) is 215 cm³/mol. The van der Waals surface area contributed by atoms with Crippen LogP contribution in [0, 0.1) is 0 Å². The van der Waals surface area contributed by atoms with Gasteiger partial charge in [0.25, 0.3) is 0 Å². The Morgan fingerprint density at radius 2 is 0.940 bits per heavy atom. The van der Waals surface area contributed by atoms with Crippen LogP contribution in [0.5, 0.6) is 0 Å². The number of hydrogen-bond acceptors (Lipinski definition) is 12. The Hall–Kier alpha value is -1.08. The first-order valence-corrected chi connectivity index (χ1v) is 22.3. The second-order valence-corrected chi connectivity index (χ2v) is 15.8. The number of isocyanates is 1. The summed E-state index contributed by atoms with van der Waals surface area (Å²) >= 11 is 0. The fourth-order valence-electron chi connectivity index (χ4n) is 4.25. The molecule has 0 rings (SSSR count). The molecule has 50 heavy (non-hydrogen) atoms. The van der Waals surface area contributed by atoms with Gasteiger partial charge in [0.15, 0.2) is 0 Å². The van der Waals surface area contributed by atoms with Gasteiger partial charge in [-0.1, -0.05) is 73.6 Å². The van der Waals surface area contributed by atoms with Gasteiger partial charge in [-0.25, -0.2) is 9.79 Å². The second kappa shape index (κ2) is 52.3. The maximum atomic E-state index is 10.1. The van der Waals surface area contributed by atoms with Crippen LogP contribution in [0.4, 0.5) is 0 Å². The first-order chi connectivity index (χ1) is 23.3. The third-order valence-electron chi connectivity index (χ3n) is 6.24. The van der Waals surface area contributed by atoms with E-state index in [1.165, 1.54) is 51.0 Å². The van der Waals surface area contributed by atoms with Crippen LogP contribution in [0.3, 0.4) is 0 Å². The fraction of sp³-hybridized carbons (Fsp3) is 0.943. The quantitative estimate of drug-likeness (QED) is 0.0201. The smallest absolute Gasteiger partial charge is 0.374 e. The maximum Gasteiger partial charge on any atom is 0.500 e. The standard InChI is InChI=1S/C10H23NO4Si.C10H21NO4Si.C9H20.C4H13N3.2CH4/c2*1-4-13-16(14-5-2,15-6-3)9-7-8-11-10-12;1-3-5-7-9-8-6-4-2;5-1-3-7-4-2-6;;/h10H,4-9H2,1-3H3,(H,11,12);4-9H2,1-3H3;3-9H2,1-2H3;7H,1-6H2;2*1H4. The number of nitrogens with zero attached hydrogens (tertiary/aromatic N) is 1. The molecule has 0 aliphatic rings. The number of nitrogens with two attached hydrogens (primary N) is 2. The molecule has 6 N–H and O–H groups in total. The first kappa shape index (κ1) is 61.0. The normalized spacial score (nSPS) is 10.4. The van der Waals surface area contributed by atoms with E-state index in [-0.39, 0.29) is 14.9 Å². The van der Waals surface area contributed by atoms with Crippen molar-refractivity contribution >= 4 is 30.1 Å². The molecule has 0 atom stereocenters. The Bertz CT molecular complexity index is 627. The van der Waals surface area contributed by atoms with E-state index in [1.54, 1.807) is 0 Å². The van der Waals surface area contributed by atoms with Crippen molar-refractivity contribution in [3.63, 3.8) is 0 Å². The number of unbranched alkanes of at least 4 members (excludes halogenated alkanes) is 6. The summed E-state index contributed by atoms with van der Waals surface area (Å²) in [7, 11) is -5.04. The number of aliphatic imine (C=N–C) groups is 1. The minimum absolute atomic E-state index is 0. The number of amides is 1. The van der Waals surface area contributed by atoms with Crippen LogP contribution in [0.2, 0.25) is 12.1 Å². The van der Waals surface area contributed by atoms with E-state index < -0.39 is 17.6 Å². The molecule has 13 nitrogen and oxygen atoms in total. The van der Waals surface area contributed by atoms with Crippen LogP contribution in [-0.4, -0.2) is 109 Å². The number of hydrogen-bond donors (Lipinski definition) is 4. The summed E-state index contributed by atoms with van der Waals surface area (Å²) < 4.78 is 33.9. The molecule has 0 heterocycles. The van der Waals surface area contributed by atoms with Gasteiger partial charge in [-0.2, -0.15) is 0 Å². The summed E-state index contributed by atoms with van der Waals surface area (Å²) in [5, 5.41) is 5.66. The first-order valence-electron chi connectivity index (χ1n) is 18.5. The zero-order valence-electron chi connectivity index (χ0n) is 32.2. The van der Waals surface area contributed by atoms with Gasteiger partial charge in [0.2, 0.25) is 12.5 Å². The van der Waals surface area contributed by atoms with Gasteiger partial charge in [-0.3, -0.25) is 4.79 Å². The number of rotatable bonds is 31. The molecular weight excluding hydrogens is 675 g/mol. The van der Waals surface area contributed by atoms with E-state index in [1.807, 2.05) is 41.5 Å². The van der Waals surface area contributed by atoms with Gasteiger partial charge in [-0.15, -0.1) is 0 Å². The minimum Gasteiger partial charge on any atom is -0.374 e. The Kier molecular flexibility index (Phi) is 63.8. The topological polar surface area (TPSA) is 178 Å². The average Bonchev–Trinajstić information content (AvgIpc) is 3.07. The largest absolute Gasteiger partial charge is 0.500 e. The molecule has 1 amide bonds. The van der Waals surface area contributed by atoms with Gasteiger partial charge in [0.1, 0.15) is 0 Å². The number of nitrogens with one attached hydrogen (secondary N) is 2. The van der Waals surface area contributed by atoms with E-state index in [4.69, 9.17) is 38.0 Å². The molecule has 15 heteroatoms. The highest BCUT2D eigenvalue weighted by Gasteiger charge is 2.40. The van der Waals surface area contributed by atoms with Crippen molar-refractivity contribution in [2.45, 2.75) is 140 Å². The van der Waals surface area contributed by atoms with Gasteiger partial charge in [0.05, 0.1) is 6.54 Å². The van der Waals surface area contributed by atoms with Crippen molar-refractivity contribution in [3.05, 3.63) is 0 Å². The Labute approximate surface area is 311 Å². The van der Waals surface area contributed by atoms with Crippen molar-refractivity contribution in [2.75, 3.05) is 78.9 Å². The van der Waals surface area contributed by atoms with E-state index in [2.05, 4.69) is 29.5 Å². The Balaban J connectivity index is -0.000000134. The van der Waals surface area contributed by atoms with Crippen molar-refractivity contribution in [3.8, 4) is 0 Å². The molecule has 0 aliphatic carbocycles. The monoisotopic (exact) mass is 760 g/mol. The van der Waals surface area contributed by atoms with Crippen molar-refractivity contribution < 1.29 is 36.1 Å². The van der Waals surface area contributed by atoms with Crippen LogP contribution in [-0.2, 0) is 36.1 Å². The van der Waals surface area contributed by atoms with E-state index in [9.17, 15) is 9.59 Å². The summed E-state index contributed by atoms with van der Waals surface area (Å²) in [5.41, 5.74) is 10.3. The lowest BCUT2D eigenvalue weighted by Gasteiger charge is -2.28. The third-order valence-corrected chi connectivity index (χ3v) is 12.5. The highest BCUT2D eigenvalue weighted by molar-refractivity contribution is 6.61. The number of carbonyl (C=O) groups is 1. The minimum atomic E-state index is -2.54. The average molecular weight is 760 g/mol. The zero-order valence-corrected chi connectivity index (χ0v) is 34.2. The lowest BCUT2D eigenvalue weighted by atomic mass is 10.1. The summed E-state index contributed by atoms with van der Waals surface area (Å²) in [4.78, 5) is 23.6. The lowest BCUT2D eigenvalue weighted by Crippen LogP contribution is -2.46. The molecule has 0 saturated heterocycles. The molecule has 0 spiro atoms. The fourth-order valence-corrected chi connectivity index (χ4v) is 9.45. The van der Waals surface area contributed by atoms with E-state index in [0.717, 1.165) is 32.0 Å². The molecule has 0 saturated carbocycles. The predicted octanol–water partition coefficient (Wildman–Crippen LogP) is 6.45. The third kappa shape index (κ3) is 44.9. The SMILES string of the molecule is C.C.CCCCCCCCC.CCO[Si](CCCN=C=O)(OCC)OCC.CCO[Si](CCCNC=O)(OCC)OCC.NCCNCCN. The van der Waals surface area contributed by atoms with Gasteiger partial charge in [-0.05, 0) is 54.4 Å². The molecule has 0 bridgehead atoms. The van der Waals surface area contributed by atoms with Crippen molar-refractivity contribution in [2.24, 2.45) is 16.5 Å². The molecule has 306 valence electrons. The number of carbonyl (C=O) groups excluding carboxylic acids is 2. The van der Waals surface area contributed by atoms with E-state index >= 15 is 0 Å². The molecule has 0 aromatic carbocycles. The molecule has 0 aromatic heterocycles. The summed E-state index contributed by atoms with van der Waals surface area (Å²) in [6.07, 6.45) is 13.7. The molecule has 0 radical (unpaired) electrons. The maximum absolute atomic E-state index is 10.1. The summed E-state index contributed by atoms with van der Waals surface area (Å²) in [6, 6.07) is 1.43. The van der Waals surface area contributed by atoms with Crippen molar-refractivity contribution in [1.29, 1.82) is 0 Å². The molecule has 0 aromatic rings. The van der Waals surface area contributed by atoms with Crippen LogP contribution in [0.1, 0.15) is 128 Å².